The second-order valence-electron chi connectivity index (χ2n) is 3.21. The number of rotatable bonds is 2. The molecule has 0 bridgehead atoms. The standard InChI is InChI=1S/C11H15N/c1-9(2)11-6-4-5-10(7-11)8-12-3/h4-9H,1-3H3. The van der Waals surface area contributed by atoms with Gasteiger partial charge in [0.05, 0.1) is 0 Å². The third-order valence-electron chi connectivity index (χ3n) is 1.86. The average molecular weight is 161 g/mol. The maximum Gasteiger partial charge on any atom is 0.0281 e. The SMILES string of the molecule is CN=Cc1cccc(C(C)C)c1. The molecule has 0 atom stereocenters. The quantitative estimate of drug-likeness (QED) is 0.591. The van der Waals surface area contributed by atoms with Crippen LogP contribution in [0, 0.1) is 0 Å². The number of benzene rings is 1. The summed E-state index contributed by atoms with van der Waals surface area (Å²) in [6, 6.07) is 8.47. The molecule has 0 aliphatic rings. The van der Waals surface area contributed by atoms with Gasteiger partial charge in [0, 0.05) is 13.3 Å². The van der Waals surface area contributed by atoms with Crippen LogP contribution < -0.4 is 0 Å². The molecule has 1 heteroatoms. The Morgan fingerprint density at radius 3 is 2.67 bits per heavy atom. The monoisotopic (exact) mass is 161 g/mol. The molecule has 1 nitrogen and oxygen atoms in total. The van der Waals surface area contributed by atoms with Gasteiger partial charge in [-0.1, -0.05) is 32.0 Å². The fraction of sp³-hybridized carbons (Fsp3) is 0.364. The van der Waals surface area contributed by atoms with Gasteiger partial charge < -0.3 is 0 Å². The van der Waals surface area contributed by atoms with Gasteiger partial charge in [-0.15, -0.1) is 0 Å². The summed E-state index contributed by atoms with van der Waals surface area (Å²) in [5.74, 6) is 0.593. The Kier molecular flexibility index (Phi) is 3.03. The maximum absolute atomic E-state index is 3.98. The highest BCUT2D eigenvalue weighted by Crippen LogP contribution is 2.14. The van der Waals surface area contributed by atoms with Crippen molar-refractivity contribution in [3.63, 3.8) is 0 Å². The van der Waals surface area contributed by atoms with Crippen molar-refractivity contribution in [3.05, 3.63) is 35.4 Å². The lowest BCUT2D eigenvalue weighted by atomic mass is 10.0. The summed E-state index contributed by atoms with van der Waals surface area (Å²) >= 11 is 0. The molecule has 0 aliphatic heterocycles. The molecule has 12 heavy (non-hydrogen) atoms. The van der Waals surface area contributed by atoms with E-state index < -0.39 is 0 Å². The first-order valence-corrected chi connectivity index (χ1v) is 4.26. The molecule has 0 aliphatic carbocycles. The third kappa shape index (κ3) is 2.19. The predicted molar refractivity (Wildman–Crippen MR) is 54.0 cm³/mol. The first-order valence-electron chi connectivity index (χ1n) is 4.26. The van der Waals surface area contributed by atoms with Gasteiger partial charge in [0.1, 0.15) is 0 Å². The summed E-state index contributed by atoms with van der Waals surface area (Å²) in [6.07, 6.45) is 1.88. The normalized spacial score (nSPS) is 11.3. The Morgan fingerprint density at radius 2 is 2.08 bits per heavy atom. The van der Waals surface area contributed by atoms with Crippen LogP contribution in [0.3, 0.4) is 0 Å². The summed E-state index contributed by atoms with van der Waals surface area (Å²) in [6.45, 7) is 4.39. The lowest BCUT2D eigenvalue weighted by Gasteiger charge is -2.04. The van der Waals surface area contributed by atoms with Gasteiger partial charge >= 0.3 is 0 Å². The molecule has 0 aromatic heterocycles. The molecule has 64 valence electrons. The minimum atomic E-state index is 0.593. The molecule has 0 unspecified atom stereocenters. The van der Waals surface area contributed by atoms with E-state index in [1.165, 1.54) is 11.1 Å². The third-order valence-corrected chi connectivity index (χ3v) is 1.86. The van der Waals surface area contributed by atoms with Crippen LogP contribution in [0.25, 0.3) is 0 Å². The molecule has 0 amide bonds. The van der Waals surface area contributed by atoms with Crippen LogP contribution in [0.1, 0.15) is 30.9 Å². The highest BCUT2D eigenvalue weighted by molar-refractivity contribution is 5.79. The molecule has 0 saturated heterocycles. The fourth-order valence-electron chi connectivity index (χ4n) is 1.15. The molecular weight excluding hydrogens is 146 g/mol. The van der Waals surface area contributed by atoms with E-state index in [4.69, 9.17) is 0 Å². The molecule has 1 aromatic rings. The first kappa shape index (κ1) is 8.98. The van der Waals surface area contributed by atoms with Gasteiger partial charge in [-0.2, -0.15) is 0 Å². The number of nitrogens with zero attached hydrogens (tertiary/aromatic N) is 1. The number of hydrogen-bond donors (Lipinski definition) is 0. The van der Waals surface area contributed by atoms with E-state index in [1.54, 1.807) is 7.05 Å². The molecule has 0 saturated carbocycles. The van der Waals surface area contributed by atoms with Gasteiger partial charge in [-0.3, -0.25) is 4.99 Å². The van der Waals surface area contributed by atoms with E-state index in [9.17, 15) is 0 Å². The molecule has 0 radical (unpaired) electrons. The summed E-state index contributed by atoms with van der Waals surface area (Å²) in [5.41, 5.74) is 2.55. The molecule has 0 heterocycles. The van der Waals surface area contributed by atoms with Crippen molar-refractivity contribution >= 4 is 6.21 Å². The topological polar surface area (TPSA) is 12.4 Å². The smallest absolute Gasteiger partial charge is 0.0281 e. The highest BCUT2D eigenvalue weighted by Gasteiger charge is 1.97. The lowest BCUT2D eigenvalue weighted by Crippen LogP contribution is -1.89. The van der Waals surface area contributed by atoms with Crippen molar-refractivity contribution in [1.82, 2.24) is 0 Å². The zero-order valence-electron chi connectivity index (χ0n) is 7.91. The predicted octanol–water partition coefficient (Wildman–Crippen LogP) is 2.86. The van der Waals surface area contributed by atoms with Crippen LogP contribution in [0.2, 0.25) is 0 Å². The van der Waals surface area contributed by atoms with Crippen molar-refractivity contribution in [2.45, 2.75) is 19.8 Å². The Morgan fingerprint density at radius 1 is 1.33 bits per heavy atom. The molecule has 1 rings (SSSR count). The summed E-state index contributed by atoms with van der Waals surface area (Å²) in [5, 5.41) is 0. The molecule has 0 spiro atoms. The van der Waals surface area contributed by atoms with E-state index in [0.29, 0.717) is 5.92 Å². The summed E-state index contributed by atoms with van der Waals surface area (Å²) < 4.78 is 0. The van der Waals surface area contributed by atoms with E-state index in [0.717, 1.165) is 0 Å². The van der Waals surface area contributed by atoms with E-state index >= 15 is 0 Å². The van der Waals surface area contributed by atoms with Crippen molar-refractivity contribution in [2.24, 2.45) is 4.99 Å². The van der Waals surface area contributed by atoms with Gasteiger partial charge in [0.2, 0.25) is 0 Å². The van der Waals surface area contributed by atoms with E-state index in [-0.39, 0.29) is 0 Å². The number of aliphatic imine (C=N–C) groups is 1. The first-order chi connectivity index (χ1) is 5.74. The largest absolute Gasteiger partial charge is 0.296 e. The lowest BCUT2D eigenvalue weighted by molar-refractivity contribution is 0.866. The van der Waals surface area contributed by atoms with Crippen molar-refractivity contribution in [2.75, 3.05) is 7.05 Å². The highest BCUT2D eigenvalue weighted by atomic mass is 14.6. The van der Waals surface area contributed by atoms with Crippen LogP contribution in [0.4, 0.5) is 0 Å². The Labute approximate surface area is 74.2 Å². The minimum absolute atomic E-state index is 0.593. The fourth-order valence-corrected chi connectivity index (χ4v) is 1.15. The van der Waals surface area contributed by atoms with Gasteiger partial charge in [-0.25, -0.2) is 0 Å². The molecule has 1 aromatic carbocycles. The van der Waals surface area contributed by atoms with Gasteiger partial charge in [0.15, 0.2) is 0 Å². The van der Waals surface area contributed by atoms with Gasteiger partial charge in [0.25, 0.3) is 0 Å². The molecule has 0 N–H and O–H groups in total. The average Bonchev–Trinajstić information content (AvgIpc) is 2.05. The summed E-state index contributed by atoms with van der Waals surface area (Å²) in [4.78, 5) is 3.98. The zero-order valence-corrected chi connectivity index (χ0v) is 7.91. The van der Waals surface area contributed by atoms with Crippen LogP contribution in [0.5, 0.6) is 0 Å². The minimum Gasteiger partial charge on any atom is -0.296 e. The Balaban J connectivity index is 2.95. The second kappa shape index (κ2) is 4.05. The Hall–Kier alpha value is -1.11. The van der Waals surface area contributed by atoms with Crippen LogP contribution in [-0.4, -0.2) is 13.3 Å². The zero-order chi connectivity index (χ0) is 8.97. The van der Waals surface area contributed by atoms with Crippen molar-refractivity contribution in [3.8, 4) is 0 Å². The Bertz CT molecular complexity index is 274. The number of hydrogen-bond acceptors (Lipinski definition) is 1. The summed E-state index contributed by atoms with van der Waals surface area (Å²) in [7, 11) is 1.79. The van der Waals surface area contributed by atoms with Crippen molar-refractivity contribution in [1.29, 1.82) is 0 Å². The van der Waals surface area contributed by atoms with Crippen LogP contribution >= 0.6 is 0 Å². The van der Waals surface area contributed by atoms with Crippen LogP contribution in [0.15, 0.2) is 29.3 Å². The molecule has 0 fully saturated rings. The van der Waals surface area contributed by atoms with Crippen LogP contribution in [-0.2, 0) is 0 Å². The van der Waals surface area contributed by atoms with Gasteiger partial charge in [-0.05, 0) is 23.1 Å². The molecular formula is C11H15N. The second-order valence-corrected chi connectivity index (χ2v) is 3.21. The van der Waals surface area contributed by atoms with Crippen molar-refractivity contribution < 1.29 is 0 Å². The van der Waals surface area contributed by atoms with E-state index in [1.807, 2.05) is 6.21 Å². The maximum atomic E-state index is 3.98. The van der Waals surface area contributed by atoms with E-state index in [2.05, 4.69) is 43.1 Å².